The average Bonchev–Trinajstić information content (AvgIpc) is 3.21. The van der Waals surface area contributed by atoms with Gasteiger partial charge in [-0.3, -0.25) is 18.6 Å². The maximum Gasteiger partial charge on any atom is 0.472 e. The van der Waals surface area contributed by atoms with Crippen molar-refractivity contribution in [1.82, 2.24) is 0 Å². The van der Waals surface area contributed by atoms with Gasteiger partial charge in [0.1, 0.15) is 19.8 Å². The molecule has 362 valence electrons. The van der Waals surface area contributed by atoms with Gasteiger partial charge in [0, 0.05) is 12.8 Å². The smallest absolute Gasteiger partial charge is 0.462 e. The van der Waals surface area contributed by atoms with Crippen LogP contribution in [0.25, 0.3) is 0 Å². The molecule has 0 rings (SSSR count). The molecule has 9 nitrogen and oxygen atoms in total. The van der Waals surface area contributed by atoms with Gasteiger partial charge in [-0.15, -0.1) is 0 Å². The first kappa shape index (κ1) is 59.8. The van der Waals surface area contributed by atoms with Crippen molar-refractivity contribution in [3.8, 4) is 0 Å². The van der Waals surface area contributed by atoms with Crippen LogP contribution in [-0.4, -0.2) is 74.9 Å². The fourth-order valence-electron chi connectivity index (χ4n) is 7.48. The van der Waals surface area contributed by atoms with E-state index in [2.05, 4.69) is 26.0 Å². The Bertz CT molecular complexity index is 1050. The molecular formula is C51H101NO8P+. The van der Waals surface area contributed by atoms with Gasteiger partial charge in [-0.25, -0.2) is 4.57 Å². The van der Waals surface area contributed by atoms with Crippen LogP contribution >= 0.6 is 7.82 Å². The minimum Gasteiger partial charge on any atom is -0.462 e. The lowest BCUT2D eigenvalue weighted by Crippen LogP contribution is -2.37. The van der Waals surface area contributed by atoms with Gasteiger partial charge in [0.05, 0.1) is 27.7 Å². The number of rotatable bonds is 48. The van der Waals surface area contributed by atoms with E-state index in [1.807, 2.05) is 21.1 Å². The number of unbranched alkanes of at least 4 members (excludes halogenated alkanes) is 32. The highest BCUT2D eigenvalue weighted by atomic mass is 31.2. The molecule has 0 spiro atoms. The molecule has 0 amide bonds. The van der Waals surface area contributed by atoms with Gasteiger partial charge in [0.15, 0.2) is 6.10 Å². The number of phosphoric ester groups is 1. The maximum atomic E-state index is 12.7. The lowest BCUT2D eigenvalue weighted by molar-refractivity contribution is -0.870. The van der Waals surface area contributed by atoms with E-state index in [0.29, 0.717) is 23.9 Å². The van der Waals surface area contributed by atoms with E-state index in [9.17, 15) is 19.0 Å². The van der Waals surface area contributed by atoms with Gasteiger partial charge in [-0.05, 0) is 38.5 Å². The van der Waals surface area contributed by atoms with E-state index >= 15 is 0 Å². The Kier molecular flexibility index (Phi) is 43.1. The predicted octanol–water partition coefficient (Wildman–Crippen LogP) is 15.3. The van der Waals surface area contributed by atoms with Gasteiger partial charge in [-0.1, -0.05) is 212 Å². The second kappa shape index (κ2) is 44.0. The molecule has 0 aliphatic rings. The van der Waals surface area contributed by atoms with Crippen LogP contribution < -0.4 is 0 Å². The summed E-state index contributed by atoms with van der Waals surface area (Å²) in [6.07, 6.45) is 48.3. The summed E-state index contributed by atoms with van der Waals surface area (Å²) in [7, 11) is 1.49. The maximum absolute atomic E-state index is 12.7. The number of nitrogens with zero attached hydrogens (tertiary/aromatic N) is 1. The Hall–Kier alpha value is -1.25. The second-order valence-electron chi connectivity index (χ2n) is 18.9. The number of carbonyl (C=O) groups excluding carboxylic acids is 2. The van der Waals surface area contributed by atoms with E-state index in [0.717, 1.165) is 44.9 Å². The fourth-order valence-corrected chi connectivity index (χ4v) is 8.22. The van der Waals surface area contributed by atoms with Crippen molar-refractivity contribution in [3.05, 3.63) is 12.2 Å². The first-order chi connectivity index (χ1) is 29.5. The summed E-state index contributed by atoms with van der Waals surface area (Å²) in [5.41, 5.74) is 0. The average molecular weight is 887 g/mol. The largest absolute Gasteiger partial charge is 0.472 e. The summed E-state index contributed by atoms with van der Waals surface area (Å²) in [6, 6.07) is 0. The van der Waals surface area contributed by atoms with Crippen LogP contribution in [0.4, 0.5) is 0 Å². The third-order valence-corrected chi connectivity index (χ3v) is 12.5. The van der Waals surface area contributed by atoms with Crippen molar-refractivity contribution in [3.63, 3.8) is 0 Å². The van der Waals surface area contributed by atoms with Crippen molar-refractivity contribution in [2.24, 2.45) is 0 Å². The van der Waals surface area contributed by atoms with Crippen LogP contribution in [0.15, 0.2) is 12.2 Å². The molecule has 0 saturated heterocycles. The third kappa shape index (κ3) is 48.1. The molecule has 0 fully saturated rings. The quantitative estimate of drug-likeness (QED) is 0.0212. The van der Waals surface area contributed by atoms with E-state index in [4.69, 9.17) is 18.5 Å². The Morgan fingerprint density at radius 3 is 1.21 bits per heavy atom. The topological polar surface area (TPSA) is 108 Å². The monoisotopic (exact) mass is 887 g/mol. The summed E-state index contributed by atoms with van der Waals surface area (Å²) in [4.78, 5) is 35.5. The molecular weight excluding hydrogens is 786 g/mol. The first-order valence-corrected chi connectivity index (χ1v) is 27.4. The summed E-state index contributed by atoms with van der Waals surface area (Å²) in [5, 5.41) is 0. The number of carbonyl (C=O) groups is 2. The Morgan fingerprint density at radius 2 is 0.836 bits per heavy atom. The highest BCUT2D eigenvalue weighted by Crippen LogP contribution is 2.43. The van der Waals surface area contributed by atoms with Crippen LogP contribution in [0.2, 0.25) is 0 Å². The highest BCUT2D eigenvalue weighted by Gasteiger charge is 2.27. The molecule has 10 heteroatoms. The van der Waals surface area contributed by atoms with Crippen LogP contribution in [0.3, 0.4) is 0 Å². The molecule has 61 heavy (non-hydrogen) atoms. The fraction of sp³-hybridized carbons (Fsp3) is 0.922. The number of allylic oxidation sites excluding steroid dienone is 2. The molecule has 0 aromatic rings. The van der Waals surface area contributed by atoms with Crippen LogP contribution in [-0.2, 0) is 32.7 Å². The molecule has 0 bridgehead atoms. The van der Waals surface area contributed by atoms with E-state index in [1.165, 1.54) is 173 Å². The molecule has 0 saturated carbocycles. The van der Waals surface area contributed by atoms with Crippen LogP contribution in [0.5, 0.6) is 0 Å². The number of quaternary nitrogens is 1. The molecule has 0 aliphatic carbocycles. The van der Waals surface area contributed by atoms with Crippen molar-refractivity contribution in [2.45, 2.75) is 258 Å². The number of esters is 2. The minimum absolute atomic E-state index is 0.0343. The van der Waals surface area contributed by atoms with Gasteiger partial charge >= 0.3 is 19.8 Å². The van der Waals surface area contributed by atoms with E-state index in [1.54, 1.807) is 0 Å². The van der Waals surface area contributed by atoms with Crippen molar-refractivity contribution in [2.75, 3.05) is 47.5 Å². The van der Waals surface area contributed by atoms with E-state index < -0.39 is 26.5 Å². The summed E-state index contributed by atoms with van der Waals surface area (Å²) in [6.45, 7) is 4.46. The number of hydrogen-bond donors (Lipinski definition) is 1. The highest BCUT2D eigenvalue weighted by molar-refractivity contribution is 7.47. The molecule has 1 unspecified atom stereocenters. The lowest BCUT2D eigenvalue weighted by atomic mass is 10.0. The zero-order valence-electron chi connectivity index (χ0n) is 40.9. The molecule has 0 aliphatic heterocycles. The van der Waals surface area contributed by atoms with Crippen molar-refractivity contribution in [1.29, 1.82) is 0 Å². The van der Waals surface area contributed by atoms with Gasteiger partial charge in [0.2, 0.25) is 0 Å². The standard InChI is InChI=1S/C51H100NO8P/c1-6-8-10-12-14-16-18-20-22-24-25-26-28-29-31-33-35-37-39-41-43-50(53)57-47-49(48-59-61(55,56)58-46-45-52(3,4)5)60-51(54)44-42-40-38-36-34-32-30-27-23-21-19-17-15-13-11-9-7-2/h21,23,49H,6-20,22,24-48H2,1-5H3/p+1/b23-21+/t49-/m1/s1. The number of likely N-dealkylation sites (N-methyl/N-ethyl adjacent to an activating group) is 1. The first-order valence-electron chi connectivity index (χ1n) is 25.9. The van der Waals surface area contributed by atoms with Gasteiger partial charge in [0.25, 0.3) is 0 Å². The number of phosphoric acid groups is 1. The summed E-state index contributed by atoms with van der Waals surface area (Å²) in [5.74, 6) is -0.788. The molecule has 0 radical (unpaired) electrons. The minimum atomic E-state index is -4.38. The van der Waals surface area contributed by atoms with E-state index in [-0.39, 0.29) is 25.6 Å². The van der Waals surface area contributed by atoms with Crippen LogP contribution in [0, 0.1) is 0 Å². The Balaban J connectivity index is 4.21. The lowest BCUT2D eigenvalue weighted by Gasteiger charge is -2.24. The van der Waals surface area contributed by atoms with Gasteiger partial charge < -0.3 is 18.9 Å². The third-order valence-electron chi connectivity index (χ3n) is 11.5. The summed E-state index contributed by atoms with van der Waals surface area (Å²) < 4.78 is 34.5. The molecule has 1 N–H and O–H groups in total. The normalized spacial score (nSPS) is 13.5. The predicted molar refractivity (Wildman–Crippen MR) is 257 cm³/mol. The number of hydrogen-bond acceptors (Lipinski definition) is 7. The Morgan fingerprint density at radius 1 is 0.492 bits per heavy atom. The molecule has 2 atom stereocenters. The van der Waals surface area contributed by atoms with Gasteiger partial charge in [-0.2, -0.15) is 0 Å². The molecule has 0 aromatic carbocycles. The SMILES string of the molecule is CCCCCCCC/C=C/CCCCCCCCCC(=O)O[C@H](COC(=O)CCCCCCCCCCCCCCCCCCCCCC)COP(=O)(O)OCC[N+](C)(C)C. The zero-order chi connectivity index (χ0) is 45.0. The number of ether oxygens (including phenoxy) is 2. The molecule has 0 heterocycles. The van der Waals surface area contributed by atoms with Crippen LogP contribution in [0.1, 0.15) is 251 Å². The second-order valence-corrected chi connectivity index (χ2v) is 20.4. The molecule has 0 aromatic heterocycles. The zero-order valence-corrected chi connectivity index (χ0v) is 41.8. The van der Waals surface area contributed by atoms with Crippen molar-refractivity contribution >= 4 is 19.8 Å². The Labute approximate surface area is 377 Å². The summed E-state index contributed by atoms with van der Waals surface area (Å²) >= 11 is 0. The van der Waals surface area contributed by atoms with Crippen molar-refractivity contribution < 1.29 is 42.1 Å².